The zero-order valence-electron chi connectivity index (χ0n) is 12.1. The molecule has 0 fully saturated rings. The molecule has 23 heavy (non-hydrogen) atoms. The zero-order valence-corrected chi connectivity index (χ0v) is 12.1. The minimum Gasteiger partial charge on any atom is -0.477 e. The Morgan fingerprint density at radius 1 is 1.09 bits per heavy atom. The van der Waals surface area contributed by atoms with E-state index in [9.17, 15) is 23.1 Å². The molecule has 0 aliphatic carbocycles. The second-order valence-corrected chi connectivity index (χ2v) is 5.21. The number of hydrogen-bond acceptors (Lipinski definition) is 1. The smallest absolute Gasteiger partial charge is 0.416 e. The molecule has 3 rings (SSSR count). The van der Waals surface area contributed by atoms with Crippen LogP contribution in [0.2, 0.25) is 0 Å². The molecule has 0 unspecified atom stereocenters. The van der Waals surface area contributed by atoms with Gasteiger partial charge in [-0.15, -0.1) is 0 Å². The molecule has 118 valence electrons. The fraction of sp³-hybridized carbons (Fsp3) is 0.118. The van der Waals surface area contributed by atoms with Crippen molar-refractivity contribution in [2.75, 3.05) is 0 Å². The van der Waals surface area contributed by atoms with Gasteiger partial charge in [0.05, 0.1) is 11.1 Å². The maximum absolute atomic E-state index is 12.7. The predicted octanol–water partition coefficient (Wildman–Crippen LogP) is 4.56. The summed E-state index contributed by atoms with van der Waals surface area (Å²) in [6.07, 6.45) is -4.38. The van der Waals surface area contributed by atoms with Crippen LogP contribution < -0.4 is 0 Å². The summed E-state index contributed by atoms with van der Waals surface area (Å²) in [7, 11) is 1.62. The third-order valence-electron chi connectivity index (χ3n) is 3.80. The highest BCUT2D eigenvalue weighted by Crippen LogP contribution is 2.34. The molecule has 2 aromatic carbocycles. The molecule has 0 saturated carbocycles. The third-order valence-corrected chi connectivity index (χ3v) is 3.80. The van der Waals surface area contributed by atoms with Crippen molar-refractivity contribution in [1.29, 1.82) is 0 Å². The summed E-state index contributed by atoms with van der Waals surface area (Å²) in [6.45, 7) is 0. The number of para-hydroxylation sites is 1. The van der Waals surface area contributed by atoms with Crippen molar-refractivity contribution >= 4 is 16.9 Å². The lowest BCUT2D eigenvalue weighted by Crippen LogP contribution is -2.05. The molecule has 6 heteroatoms. The van der Waals surface area contributed by atoms with Gasteiger partial charge in [0.2, 0.25) is 0 Å². The third kappa shape index (κ3) is 2.56. The van der Waals surface area contributed by atoms with E-state index >= 15 is 0 Å². The second kappa shape index (κ2) is 5.15. The van der Waals surface area contributed by atoms with E-state index in [1.54, 1.807) is 31.3 Å². The highest BCUT2D eigenvalue weighted by molar-refractivity contribution is 6.00. The molecule has 0 aliphatic rings. The second-order valence-electron chi connectivity index (χ2n) is 5.21. The molecule has 1 aromatic heterocycles. The van der Waals surface area contributed by atoms with E-state index in [2.05, 4.69) is 0 Å². The number of fused-ring (bicyclic) bond motifs is 1. The topological polar surface area (TPSA) is 42.2 Å². The normalized spacial score (nSPS) is 11.8. The number of nitrogens with zero attached hydrogens (tertiary/aromatic N) is 1. The monoisotopic (exact) mass is 319 g/mol. The number of carbonyl (C=O) groups is 1. The maximum Gasteiger partial charge on any atom is 0.416 e. The Bertz CT molecular complexity index is 893. The number of aromatic carboxylic acids is 1. The molecule has 0 amide bonds. The van der Waals surface area contributed by atoms with Crippen LogP contribution in [-0.4, -0.2) is 15.6 Å². The molecule has 0 radical (unpaired) electrons. The fourth-order valence-electron chi connectivity index (χ4n) is 2.69. The van der Waals surface area contributed by atoms with Gasteiger partial charge in [0.25, 0.3) is 0 Å². The van der Waals surface area contributed by atoms with Crippen molar-refractivity contribution in [3.05, 3.63) is 59.8 Å². The van der Waals surface area contributed by atoms with Crippen LogP contribution in [-0.2, 0) is 13.2 Å². The molecule has 0 bridgehead atoms. The highest BCUT2D eigenvalue weighted by Gasteiger charge is 2.30. The van der Waals surface area contributed by atoms with E-state index < -0.39 is 17.7 Å². The number of hydrogen-bond donors (Lipinski definition) is 1. The summed E-state index contributed by atoms with van der Waals surface area (Å²) in [6, 6.07) is 11.7. The number of benzene rings is 2. The van der Waals surface area contributed by atoms with Crippen molar-refractivity contribution in [3.63, 3.8) is 0 Å². The number of alkyl halides is 3. The van der Waals surface area contributed by atoms with E-state index in [4.69, 9.17) is 0 Å². The Morgan fingerprint density at radius 3 is 2.30 bits per heavy atom. The van der Waals surface area contributed by atoms with Crippen molar-refractivity contribution in [3.8, 4) is 11.1 Å². The van der Waals surface area contributed by atoms with Crippen molar-refractivity contribution in [2.45, 2.75) is 6.18 Å². The van der Waals surface area contributed by atoms with Crippen LogP contribution >= 0.6 is 0 Å². The SMILES string of the molecule is Cn1c(C(=O)O)cc2cccc(-c3ccc(C(F)(F)F)cc3)c21. The quantitative estimate of drug-likeness (QED) is 0.752. The Morgan fingerprint density at radius 2 is 1.74 bits per heavy atom. The van der Waals surface area contributed by atoms with Crippen LogP contribution in [0.5, 0.6) is 0 Å². The van der Waals surface area contributed by atoms with Crippen LogP contribution in [0.15, 0.2) is 48.5 Å². The lowest BCUT2D eigenvalue weighted by Gasteiger charge is -2.10. The summed E-state index contributed by atoms with van der Waals surface area (Å²) in [5.74, 6) is -1.05. The summed E-state index contributed by atoms with van der Waals surface area (Å²) >= 11 is 0. The van der Waals surface area contributed by atoms with Crippen LogP contribution in [0.25, 0.3) is 22.0 Å². The molecule has 0 atom stereocenters. The van der Waals surface area contributed by atoms with Crippen LogP contribution in [0.1, 0.15) is 16.1 Å². The first-order chi connectivity index (χ1) is 10.8. The molecule has 1 N–H and O–H groups in total. The minimum atomic E-state index is -4.38. The standard InChI is InChI=1S/C17H12F3NO2/c1-21-14(16(22)23)9-11-3-2-4-13(15(11)21)10-5-7-12(8-6-10)17(18,19)20/h2-9H,1H3,(H,22,23). The van der Waals surface area contributed by atoms with Gasteiger partial charge in [0.1, 0.15) is 5.69 Å². The number of carboxylic acid groups (broad SMARTS) is 1. The van der Waals surface area contributed by atoms with Gasteiger partial charge in [0, 0.05) is 18.0 Å². The largest absolute Gasteiger partial charge is 0.477 e. The first kappa shape index (κ1) is 15.1. The predicted molar refractivity (Wildman–Crippen MR) is 80.3 cm³/mol. The van der Waals surface area contributed by atoms with E-state index in [0.717, 1.165) is 17.5 Å². The average Bonchev–Trinajstić information content (AvgIpc) is 2.84. The molecule has 0 aliphatic heterocycles. The van der Waals surface area contributed by atoms with Gasteiger partial charge in [-0.3, -0.25) is 0 Å². The Kier molecular flexibility index (Phi) is 3.39. The van der Waals surface area contributed by atoms with Gasteiger partial charge in [-0.25, -0.2) is 4.79 Å². The number of aryl methyl sites for hydroxylation is 1. The maximum atomic E-state index is 12.7. The molecule has 3 aromatic rings. The molecule has 3 nitrogen and oxygen atoms in total. The molecular formula is C17H12F3NO2. The molecule has 0 saturated heterocycles. The first-order valence-corrected chi connectivity index (χ1v) is 6.78. The summed E-state index contributed by atoms with van der Waals surface area (Å²) < 4.78 is 39.5. The number of rotatable bonds is 2. The van der Waals surface area contributed by atoms with Gasteiger partial charge in [0.15, 0.2) is 0 Å². The number of carboxylic acids is 1. The zero-order chi connectivity index (χ0) is 16.8. The summed E-state index contributed by atoms with van der Waals surface area (Å²) in [5, 5.41) is 9.93. The Labute approximate surface area is 129 Å². The summed E-state index contributed by atoms with van der Waals surface area (Å²) in [4.78, 5) is 11.2. The summed E-state index contributed by atoms with van der Waals surface area (Å²) in [5.41, 5.74) is 1.36. The van der Waals surface area contributed by atoms with Gasteiger partial charge in [-0.1, -0.05) is 30.3 Å². The van der Waals surface area contributed by atoms with Crippen LogP contribution in [0.4, 0.5) is 13.2 Å². The molecule has 1 heterocycles. The van der Waals surface area contributed by atoms with Gasteiger partial charge >= 0.3 is 12.1 Å². The fourth-order valence-corrected chi connectivity index (χ4v) is 2.69. The van der Waals surface area contributed by atoms with E-state index in [1.807, 2.05) is 0 Å². The van der Waals surface area contributed by atoms with Gasteiger partial charge < -0.3 is 9.67 Å². The Balaban J connectivity index is 2.18. The van der Waals surface area contributed by atoms with E-state index in [0.29, 0.717) is 16.6 Å². The lowest BCUT2D eigenvalue weighted by atomic mass is 10.0. The average molecular weight is 319 g/mol. The molecule has 0 spiro atoms. The van der Waals surface area contributed by atoms with Gasteiger partial charge in [-0.2, -0.15) is 13.2 Å². The van der Waals surface area contributed by atoms with Gasteiger partial charge in [-0.05, 0) is 23.8 Å². The highest BCUT2D eigenvalue weighted by atomic mass is 19.4. The Hall–Kier alpha value is -2.76. The molecular weight excluding hydrogens is 307 g/mol. The van der Waals surface area contributed by atoms with Crippen molar-refractivity contribution < 1.29 is 23.1 Å². The van der Waals surface area contributed by atoms with Crippen molar-refractivity contribution in [2.24, 2.45) is 7.05 Å². The minimum absolute atomic E-state index is 0.124. The lowest BCUT2D eigenvalue weighted by molar-refractivity contribution is -0.137. The van der Waals surface area contributed by atoms with E-state index in [-0.39, 0.29) is 5.69 Å². The van der Waals surface area contributed by atoms with Crippen LogP contribution in [0, 0.1) is 0 Å². The van der Waals surface area contributed by atoms with E-state index in [1.165, 1.54) is 16.7 Å². The number of halogens is 3. The first-order valence-electron chi connectivity index (χ1n) is 6.78. The van der Waals surface area contributed by atoms with Crippen molar-refractivity contribution in [1.82, 2.24) is 4.57 Å². The van der Waals surface area contributed by atoms with Crippen LogP contribution in [0.3, 0.4) is 0 Å². The number of aromatic nitrogens is 1.